The average molecular weight is 324 g/mol. The van der Waals surface area contributed by atoms with Gasteiger partial charge in [0.2, 0.25) is 5.88 Å². The molecule has 0 amide bonds. The van der Waals surface area contributed by atoms with Gasteiger partial charge < -0.3 is 10.1 Å². The quantitative estimate of drug-likeness (QED) is 0.803. The second kappa shape index (κ2) is 8.29. The van der Waals surface area contributed by atoms with E-state index in [1.165, 1.54) is 31.2 Å². The number of pyridine rings is 1. The van der Waals surface area contributed by atoms with E-state index < -0.39 is 0 Å². The van der Waals surface area contributed by atoms with Crippen molar-refractivity contribution in [3.63, 3.8) is 0 Å². The predicted octanol–water partition coefficient (Wildman–Crippen LogP) is 5.10. The van der Waals surface area contributed by atoms with E-state index in [4.69, 9.17) is 4.74 Å². The van der Waals surface area contributed by atoms with Gasteiger partial charge in [0.25, 0.3) is 0 Å². The van der Waals surface area contributed by atoms with Crippen LogP contribution in [0.15, 0.2) is 42.6 Å². The highest BCUT2D eigenvalue weighted by Gasteiger charge is 2.17. The summed E-state index contributed by atoms with van der Waals surface area (Å²) < 4.78 is 5.97. The van der Waals surface area contributed by atoms with Crippen LogP contribution in [0, 0.1) is 18.8 Å². The zero-order valence-electron chi connectivity index (χ0n) is 14.8. The van der Waals surface area contributed by atoms with Crippen molar-refractivity contribution in [3.8, 4) is 11.6 Å². The molecule has 0 unspecified atom stereocenters. The average Bonchev–Trinajstić information content (AvgIpc) is 2.60. The maximum absolute atomic E-state index is 5.97. The first kappa shape index (κ1) is 17.0. The summed E-state index contributed by atoms with van der Waals surface area (Å²) in [5, 5.41) is 3.60. The molecule has 1 aliphatic rings. The van der Waals surface area contributed by atoms with Gasteiger partial charge in [-0.3, -0.25) is 0 Å². The fourth-order valence-corrected chi connectivity index (χ4v) is 3.31. The van der Waals surface area contributed by atoms with Gasteiger partial charge in [-0.05, 0) is 56.3 Å². The molecule has 0 radical (unpaired) electrons. The summed E-state index contributed by atoms with van der Waals surface area (Å²) in [5.74, 6) is 3.27. The van der Waals surface area contributed by atoms with Crippen molar-refractivity contribution >= 4 is 0 Å². The number of rotatable bonds is 6. The summed E-state index contributed by atoms with van der Waals surface area (Å²) in [6, 6.07) is 12.2. The van der Waals surface area contributed by atoms with Gasteiger partial charge in [-0.1, -0.05) is 43.5 Å². The first-order valence-corrected chi connectivity index (χ1v) is 9.10. The molecule has 3 nitrogen and oxygen atoms in total. The van der Waals surface area contributed by atoms with Crippen LogP contribution in [-0.4, -0.2) is 11.5 Å². The Kier molecular flexibility index (Phi) is 5.86. The third-order valence-corrected chi connectivity index (χ3v) is 4.97. The van der Waals surface area contributed by atoms with Gasteiger partial charge in [0.15, 0.2) is 0 Å². The molecule has 0 bridgehead atoms. The topological polar surface area (TPSA) is 34.1 Å². The lowest BCUT2D eigenvalue weighted by Crippen LogP contribution is -2.25. The Morgan fingerprint density at radius 1 is 1.08 bits per heavy atom. The molecule has 1 aliphatic carbocycles. The van der Waals surface area contributed by atoms with E-state index in [1.54, 1.807) is 6.20 Å². The molecule has 3 rings (SSSR count). The third-order valence-electron chi connectivity index (χ3n) is 4.97. The first-order valence-electron chi connectivity index (χ1n) is 9.10. The lowest BCUT2D eigenvalue weighted by Gasteiger charge is -2.26. The Labute approximate surface area is 145 Å². The minimum absolute atomic E-state index is 0.700. The van der Waals surface area contributed by atoms with Crippen molar-refractivity contribution in [2.75, 3.05) is 6.54 Å². The summed E-state index contributed by atoms with van der Waals surface area (Å²) >= 11 is 0. The SMILES string of the molecule is Cc1ccc(Oc2ncccc2CNCC2CCC(C)CC2)cc1. The molecule has 1 aromatic heterocycles. The first-order chi connectivity index (χ1) is 11.7. The molecule has 3 heteroatoms. The van der Waals surface area contributed by atoms with E-state index in [0.717, 1.165) is 36.2 Å². The summed E-state index contributed by atoms with van der Waals surface area (Å²) in [4.78, 5) is 4.41. The van der Waals surface area contributed by atoms with E-state index in [2.05, 4.69) is 42.3 Å². The fraction of sp³-hybridized carbons (Fsp3) is 0.476. The van der Waals surface area contributed by atoms with Crippen molar-refractivity contribution in [1.82, 2.24) is 10.3 Å². The Balaban J connectivity index is 1.55. The Morgan fingerprint density at radius 2 is 1.83 bits per heavy atom. The summed E-state index contributed by atoms with van der Waals surface area (Å²) in [6.07, 6.45) is 7.25. The highest BCUT2D eigenvalue weighted by Crippen LogP contribution is 2.28. The maximum atomic E-state index is 5.97. The molecule has 1 N–H and O–H groups in total. The number of nitrogens with zero attached hydrogens (tertiary/aromatic N) is 1. The van der Waals surface area contributed by atoms with E-state index in [1.807, 2.05) is 18.2 Å². The summed E-state index contributed by atoms with van der Waals surface area (Å²) in [5.41, 5.74) is 2.34. The number of hydrogen-bond acceptors (Lipinski definition) is 3. The number of nitrogens with one attached hydrogen (secondary N) is 1. The van der Waals surface area contributed by atoms with Crippen molar-refractivity contribution < 1.29 is 4.74 Å². The molecule has 0 spiro atoms. The lowest BCUT2D eigenvalue weighted by atomic mass is 9.83. The van der Waals surface area contributed by atoms with Crippen LogP contribution in [-0.2, 0) is 6.54 Å². The van der Waals surface area contributed by atoms with Crippen molar-refractivity contribution in [2.24, 2.45) is 11.8 Å². The van der Waals surface area contributed by atoms with Crippen LogP contribution in [0.3, 0.4) is 0 Å². The number of aryl methyl sites for hydroxylation is 1. The Bertz CT molecular complexity index is 631. The van der Waals surface area contributed by atoms with E-state index in [9.17, 15) is 0 Å². The van der Waals surface area contributed by atoms with Crippen molar-refractivity contribution in [1.29, 1.82) is 0 Å². The predicted molar refractivity (Wildman–Crippen MR) is 98.3 cm³/mol. The van der Waals surface area contributed by atoms with Gasteiger partial charge >= 0.3 is 0 Å². The van der Waals surface area contributed by atoms with Crippen LogP contribution >= 0.6 is 0 Å². The molecule has 1 heterocycles. The molecule has 2 aromatic rings. The van der Waals surface area contributed by atoms with Crippen LogP contribution < -0.4 is 10.1 Å². The molecule has 0 saturated heterocycles. The Hall–Kier alpha value is -1.87. The minimum atomic E-state index is 0.700. The number of ether oxygens (including phenoxy) is 1. The molecule has 0 atom stereocenters. The number of hydrogen-bond donors (Lipinski definition) is 1. The molecular weight excluding hydrogens is 296 g/mol. The summed E-state index contributed by atoms with van der Waals surface area (Å²) in [7, 11) is 0. The second-order valence-electron chi connectivity index (χ2n) is 7.14. The maximum Gasteiger partial charge on any atom is 0.223 e. The zero-order valence-corrected chi connectivity index (χ0v) is 14.8. The van der Waals surface area contributed by atoms with Gasteiger partial charge in [-0.25, -0.2) is 4.98 Å². The Morgan fingerprint density at radius 3 is 2.58 bits per heavy atom. The van der Waals surface area contributed by atoms with Crippen LogP contribution in [0.4, 0.5) is 0 Å². The standard InChI is InChI=1S/C21H28N2O/c1-16-5-9-18(10-6-16)14-22-15-19-4-3-13-23-21(19)24-20-11-7-17(2)8-12-20/h3-4,7-8,11-13,16,18,22H,5-6,9-10,14-15H2,1-2H3. The number of aromatic nitrogens is 1. The van der Waals surface area contributed by atoms with E-state index in [0.29, 0.717) is 5.88 Å². The van der Waals surface area contributed by atoms with Crippen LogP contribution in [0.5, 0.6) is 11.6 Å². The molecule has 24 heavy (non-hydrogen) atoms. The normalized spacial score (nSPS) is 20.8. The molecule has 1 saturated carbocycles. The molecule has 1 aromatic carbocycles. The molecule has 0 aliphatic heterocycles. The largest absolute Gasteiger partial charge is 0.439 e. The van der Waals surface area contributed by atoms with Crippen LogP contribution in [0.2, 0.25) is 0 Å². The van der Waals surface area contributed by atoms with Crippen LogP contribution in [0.1, 0.15) is 43.7 Å². The van der Waals surface area contributed by atoms with Gasteiger partial charge in [-0.2, -0.15) is 0 Å². The summed E-state index contributed by atoms with van der Waals surface area (Å²) in [6.45, 7) is 6.34. The van der Waals surface area contributed by atoms with Gasteiger partial charge in [0.05, 0.1) is 0 Å². The number of benzene rings is 1. The lowest BCUT2D eigenvalue weighted by molar-refractivity contribution is 0.281. The minimum Gasteiger partial charge on any atom is -0.439 e. The van der Waals surface area contributed by atoms with E-state index in [-0.39, 0.29) is 0 Å². The fourth-order valence-electron chi connectivity index (χ4n) is 3.31. The van der Waals surface area contributed by atoms with Crippen LogP contribution in [0.25, 0.3) is 0 Å². The zero-order chi connectivity index (χ0) is 16.8. The second-order valence-corrected chi connectivity index (χ2v) is 7.14. The van der Waals surface area contributed by atoms with Crippen molar-refractivity contribution in [3.05, 3.63) is 53.7 Å². The smallest absolute Gasteiger partial charge is 0.223 e. The molecule has 128 valence electrons. The van der Waals surface area contributed by atoms with Crippen molar-refractivity contribution in [2.45, 2.75) is 46.1 Å². The van der Waals surface area contributed by atoms with Gasteiger partial charge in [0.1, 0.15) is 5.75 Å². The van der Waals surface area contributed by atoms with Gasteiger partial charge in [-0.15, -0.1) is 0 Å². The monoisotopic (exact) mass is 324 g/mol. The highest BCUT2D eigenvalue weighted by atomic mass is 16.5. The molecule has 1 fully saturated rings. The molecular formula is C21H28N2O. The highest BCUT2D eigenvalue weighted by molar-refractivity contribution is 5.33. The van der Waals surface area contributed by atoms with Gasteiger partial charge in [0, 0.05) is 18.3 Å². The third kappa shape index (κ3) is 4.81. The van der Waals surface area contributed by atoms with E-state index >= 15 is 0 Å².